The second kappa shape index (κ2) is 12.0. The zero-order valence-corrected chi connectivity index (χ0v) is 24.9. The van der Waals surface area contributed by atoms with Gasteiger partial charge in [-0.2, -0.15) is 4.98 Å². The average Bonchev–Trinajstić information content (AvgIpc) is 3.06. The number of aromatic nitrogens is 3. The molecule has 2 unspecified atom stereocenters. The van der Waals surface area contributed by atoms with Gasteiger partial charge in [-0.05, 0) is 68.9 Å². The molecular weight excluding hydrogens is 566 g/mol. The second-order valence-electron chi connectivity index (χ2n) is 11.7. The van der Waals surface area contributed by atoms with Gasteiger partial charge in [0.25, 0.3) is 5.56 Å². The molecule has 2 aromatic heterocycles. The number of piperidine rings is 1. The molecule has 1 fully saturated rings. The predicted octanol–water partition coefficient (Wildman–Crippen LogP) is 5.12. The minimum absolute atomic E-state index is 0.0445. The van der Waals surface area contributed by atoms with Crippen LogP contribution in [0.4, 0.5) is 23.0 Å². The molecule has 0 bridgehead atoms. The van der Waals surface area contributed by atoms with Crippen LogP contribution in [-0.4, -0.2) is 63.7 Å². The van der Waals surface area contributed by atoms with E-state index < -0.39 is 17.4 Å². The number of para-hydroxylation sites is 1. The maximum atomic E-state index is 14.1. The monoisotopic (exact) mass is 599 g/mol. The molecule has 226 valence electrons. The number of benzene rings is 3. The fourth-order valence-corrected chi connectivity index (χ4v) is 6.22. The highest BCUT2D eigenvalue weighted by Crippen LogP contribution is 2.29. The molecule has 3 aromatic carbocycles. The van der Waals surface area contributed by atoms with Gasteiger partial charge in [0.15, 0.2) is 11.6 Å². The van der Waals surface area contributed by atoms with Crippen molar-refractivity contribution in [2.75, 3.05) is 42.6 Å². The van der Waals surface area contributed by atoms with Gasteiger partial charge in [-0.3, -0.25) is 19.0 Å². The van der Waals surface area contributed by atoms with Crippen molar-refractivity contribution >= 4 is 45.6 Å². The Kier molecular flexibility index (Phi) is 7.56. The first kappa shape index (κ1) is 28.4. The Hall–Kier alpha value is -5.35. The average molecular weight is 600 g/mol. The number of hydrogen-bond donors (Lipinski definition) is 3. The van der Waals surface area contributed by atoms with Crippen molar-refractivity contribution in [3.8, 4) is 0 Å². The molecule has 0 amide bonds. The Morgan fingerprint density at radius 1 is 0.956 bits per heavy atom. The molecule has 0 aliphatic carbocycles. The first-order chi connectivity index (χ1) is 21.9. The maximum absolute atomic E-state index is 14.1. The van der Waals surface area contributed by atoms with Crippen molar-refractivity contribution in [1.82, 2.24) is 19.4 Å². The molecule has 10 nitrogen and oxygen atoms in total. The van der Waals surface area contributed by atoms with Gasteiger partial charge in [-0.25, -0.2) is 4.98 Å². The summed E-state index contributed by atoms with van der Waals surface area (Å²) in [5.74, 6) is -0.384. The van der Waals surface area contributed by atoms with Crippen LogP contribution in [0, 0.1) is 0 Å². The van der Waals surface area contributed by atoms with Crippen molar-refractivity contribution in [1.29, 1.82) is 0 Å². The first-order valence-electron chi connectivity index (χ1n) is 15.2. The number of nitrogens with one attached hydrogen (secondary N) is 3. The summed E-state index contributed by atoms with van der Waals surface area (Å²) in [6.07, 6.45) is 3.89. The van der Waals surface area contributed by atoms with Gasteiger partial charge in [0.1, 0.15) is 11.7 Å². The van der Waals surface area contributed by atoms with E-state index in [0.29, 0.717) is 28.2 Å². The van der Waals surface area contributed by atoms with Crippen molar-refractivity contribution in [3.05, 3.63) is 118 Å². The van der Waals surface area contributed by atoms with E-state index in [0.717, 1.165) is 30.9 Å². The SMILES string of the molecule is CN1CCCC(Nc2ccc(Nc3ncc4cc(C(=O)c5ccccc5)c(=O)n(C5CNc6ccccc6C5=O)c4n3)cc2)C1. The lowest BCUT2D eigenvalue weighted by Gasteiger charge is -2.30. The van der Waals surface area contributed by atoms with Gasteiger partial charge < -0.3 is 20.9 Å². The number of likely N-dealkylation sites (N-methyl/N-ethyl adjacent to an activating group) is 1. The molecule has 0 spiro atoms. The highest BCUT2D eigenvalue weighted by atomic mass is 16.2. The molecule has 3 N–H and O–H groups in total. The van der Waals surface area contributed by atoms with Crippen LogP contribution in [0.2, 0.25) is 0 Å². The van der Waals surface area contributed by atoms with Gasteiger partial charge in [0.2, 0.25) is 5.95 Å². The van der Waals surface area contributed by atoms with Crippen molar-refractivity contribution < 1.29 is 9.59 Å². The Bertz CT molecular complexity index is 1960. The smallest absolute Gasteiger partial charge is 0.264 e. The number of carbonyl (C=O) groups is 2. The van der Waals surface area contributed by atoms with Crippen LogP contribution in [0.1, 0.15) is 45.2 Å². The van der Waals surface area contributed by atoms with Crippen LogP contribution in [-0.2, 0) is 0 Å². The number of rotatable bonds is 7. The summed E-state index contributed by atoms with van der Waals surface area (Å²) in [6, 6.07) is 24.8. The van der Waals surface area contributed by atoms with Gasteiger partial charge in [0.05, 0.1) is 5.56 Å². The number of anilines is 4. The molecule has 4 heterocycles. The Balaban J connectivity index is 1.25. The third-order valence-corrected chi connectivity index (χ3v) is 8.48. The van der Waals surface area contributed by atoms with E-state index in [4.69, 9.17) is 4.98 Å². The highest BCUT2D eigenvalue weighted by Gasteiger charge is 2.32. The molecule has 0 saturated carbocycles. The van der Waals surface area contributed by atoms with Crippen LogP contribution < -0.4 is 21.5 Å². The van der Waals surface area contributed by atoms with E-state index >= 15 is 0 Å². The van der Waals surface area contributed by atoms with E-state index in [9.17, 15) is 14.4 Å². The van der Waals surface area contributed by atoms with Crippen LogP contribution in [0.25, 0.3) is 11.0 Å². The number of Topliss-reactive ketones (excluding diaryl/α,β-unsaturated/α-hetero) is 1. The Morgan fingerprint density at radius 2 is 1.71 bits per heavy atom. The standard InChI is InChI=1S/C35H33N7O3/c1-41-17-7-10-26(21-41)38-24-13-15-25(16-14-24)39-35-37-19-23-18-28(31(43)22-8-3-2-4-9-22)34(45)42(33(23)40-35)30-20-36-29-12-6-5-11-27(29)32(30)44/h2-6,8-9,11-16,18-19,26,30,36,38H,7,10,17,20-21H2,1H3,(H,37,39,40). The lowest BCUT2D eigenvalue weighted by atomic mass is 9.97. The van der Waals surface area contributed by atoms with E-state index in [-0.39, 0.29) is 29.5 Å². The largest absolute Gasteiger partial charge is 0.382 e. The van der Waals surface area contributed by atoms with Crippen LogP contribution in [0.15, 0.2) is 95.9 Å². The molecule has 1 saturated heterocycles. The molecule has 5 aromatic rings. The summed E-state index contributed by atoms with van der Waals surface area (Å²) in [7, 11) is 2.14. The van der Waals surface area contributed by atoms with E-state index in [2.05, 4.69) is 32.9 Å². The molecule has 2 aliphatic rings. The number of pyridine rings is 1. The zero-order valence-electron chi connectivity index (χ0n) is 24.9. The van der Waals surface area contributed by atoms with Crippen LogP contribution in [0.3, 0.4) is 0 Å². The number of ketones is 2. The highest BCUT2D eigenvalue weighted by molar-refractivity contribution is 6.10. The van der Waals surface area contributed by atoms with Crippen molar-refractivity contribution in [3.63, 3.8) is 0 Å². The summed E-state index contributed by atoms with van der Waals surface area (Å²) in [6.45, 7) is 2.31. The van der Waals surface area contributed by atoms with Crippen LogP contribution in [0.5, 0.6) is 0 Å². The predicted molar refractivity (Wildman–Crippen MR) is 176 cm³/mol. The number of carbonyl (C=O) groups excluding carboxylic acids is 2. The molecule has 2 atom stereocenters. The minimum atomic E-state index is -0.912. The summed E-state index contributed by atoms with van der Waals surface area (Å²) >= 11 is 0. The number of nitrogens with zero attached hydrogens (tertiary/aromatic N) is 4. The fraction of sp³-hybridized carbons (Fsp3) is 0.229. The zero-order chi connectivity index (χ0) is 30.9. The minimum Gasteiger partial charge on any atom is -0.382 e. The van der Waals surface area contributed by atoms with E-state index in [1.54, 1.807) is 48.7 Å². The molecule has 2 aliphatic heterocycles. The lowest BCUT2D eigenvalue weighted by Crippen LogP contribution is -2.40. The van der Waals surface area contributed by atoms with E-state index in [1.807, 2.05) is 36.4 Å². The van der Waals surface area contributed by atoms with Crippen molar-refractivity contribution in [2.45, 2.75) is 24.9 Å². The topological polar surface area (TPSA) is 121 Å². The Morgan fingerprint density at radius 3 is 2.51 bits per heavy atom. The normalized spacial score (nSPS) is 18.2. The Labute approximate surface area is 260 Å². The molecule has 7 rings (SSSR count). The molecular formula is C35H33N7O3. The van der Waals surface area contributed by atoms with Crippen LogP contribution >= 0.6 is 0 Å². The van der Waals surface area contributed by atoms with Gasteiger partial charge in [-0.1, -0.05) is 42.5 Å². The summed E-state index contributed by atoms with van der Waals surface area (Å²) in [5, 5.41) is 10.6. The third-order valence-electron chi connectivity index (χ3n) is 8.48. The number of hydrogen-bond acceptors (Lipinski definition) is 9. The third kappa shape index (κ3) is 5.67. The molecule has 45 heavy (non-hydrogen) atoms. The van der Waals surface area contributed by atoms with Crippen molar-refractivity contribution in [2.24, 2.45) is 0 Å². The lowest BCUT2D eigenvalue weighted by molar-refractivity contribution is 0.0924. The van der Waals surface area contributed by atoms with Gasteiger partial charge in [0, 0.05) is 58.9 Å². The summed E-state index contributed by atoms with van der Waals surface area (Å²) in [5.41, 5.74) is 3.02. The molecule has 10 heteroatoms. The number of likely N-dealkylation sites (tertiary alicyclic amines) is 1. The maximum Gasteiger partial charge on any atom is 0.264 e. The second-order valence-corrected chi connectivity index (χ2v) is 11.7. The quantitative estimate of drug-likeness (QED) is 0.219. The summed E-state index contributed by atoms with van der Waals surface area (Å²) < 4.78 is 1.35. The first-order valence-corrected chi connectivity index (χ1v) is 15.2. The van der Waals surface area contributed by atoms with Gasteiger partial charge in [-0.15, -0.1) is 0 Å². The van der Waals surface area contributed by atoms with E-state index in [1.165, 1.54) is 17.1 Å². The molecule has 0 radical (unpaired) electrons. The number of fused-ring (bicyclic) bond motifs is 2. The fourth-order valence-electron chi connectivity index (χ4n) is 6.22. The van der Waals surface area contributed by atoms with Gasteiger partial charge >= 0.3 is 0 Å². The summed E-state index contributed by atoms with van der Waals surface area (Å²) in [4.78, 5) is 53.0.